The zero-order valence-corrected chi connectivity index (χ0v) is 11.1. The average molecular weight is 226 g/mol. The molecule has 3 unspecified atom stereocenters. The van der Waals surface area contributed by atoms with Gasteiger partial charge in [-0.1, -0.05) is 13.8 Å². The number of hydrogen-bond donors (Lipinski definition) is 1. The number of amides is 1. The molecule has 3 heteroatoms. The topological polar surface area (TPSA) is 32.3 Å². The summed E-state index contributed by atoms with van der Waals surface area (Å²) in [6.45, 7) is 10.4. The second kappa shape index (κ2) is 6.24. The summed E-state index contributed by atoms with van der Waals surface area (Å²) in [5.41, 5.74) is 0. The summed E-state index contributed by atoms with van der Waals surface area (Å²) in [5, 5.41) is 3.29. The molecule has 1 N–H and O–H groups in total. The molecule has 1 rings (SSSR count). The van der Waals surface area contributed by atoms with Gasteiger partial charge in [-0.15, -0.1) is 0 Å². The monoisotopic (exact) mass is 226 g/mol. The van der Waals surface area contributed by atoms with Crippen LogP contribution in [0.5, 0.6) is 0 Å². The lowest BCUT2D eigenvalue weighted by Crippen LogP contribution is -2.46. The van der Waals surface area contributed by atoms with Crippen molar-refractivity contribution in [1.29, 1.82) is 0 Å². The van der Waals surface area contributed by atoms with Crippen LogP contribution in [0.4, 0.5) is 0 Å². The van der Waals surface area contributed by atoms with Crippen molar-refractivity contribution in [1.82, 2.24) is 10.2 Å². The Kier molecular flexibility index (Phi) is 5.26. The van der Waals surface area contributed by atoms with Crippen molar-refractivity contribution in [3.8, 4) is 0 Å². The first-order chi connectivity index (χ1) is 7.54. The highest BCUT2D eigenvalue weighted by Gasteiger charge is 2.27. The van der Waals surface area contributed by atoms with Gasteiger partial charge >= 0.3 is 0 Å². The van der Waals surface area contributed by atoms with Crippen LogP contribution in [0.25, 0.3) is 0 Å². The largest absolute Gasteiger partial charge is 0.340 e. The van der Waals surface area contributed by atoms with Crippen molar-refractivity contribution in [2.24, 2.45) is 5.92 Å². The first-order valence-corrected chi connectivity index (χ1v) is 6.57. The Labute approximate surface area is 99.6 Å². The van der Waals surface area contributed by atoms with E-state index < -0.39 is 0 Å². The molecule has 0 aromatic rings. The lowest BCUT2D eigenvalue weighted by Gasteiger charge is -2.37. The normalized spacial score (nSPS) is 27.9. The van der Waals surface area contributed by atoms with E-state index in [2.05, 4.69) is 37.9 Å². The fraction of sp³-hybridized carbons (Fsp3) is 0.923. The highest BCUT2D eigenvalue weighted by Crippen LogP contribution is 2.22. The molecule has 0 aromatic carbocycles. The van der Waals surface area contributed by atoms with E-state index in [0.717, 1.165) is 19.5 Å². The summed E-state index contributed by atoms with van der Waals surface area (Å²) in [6.07, 6.45) is 3.04. The Balaban J connectivity index is 2.45. The molecule has 0 aliphatic carbocycles. The second-order valence-electron chi connectivity index (χ2n) is 5.24. The van der Waals surface area contributed by atoms with E-state index in [1.165, 1.54) is 6.42 Å². The zero-order chi connectivity index (χ0) is 12.1. The lowest BCUT2D eigenvalue weighted by atomic mass is 9.94. The third kappa shape index (κ3) is 3.78. The van der Waals surface area contributed by atoms with Gasteiger partial charge in [0, 0.05) is 25.0 Å². The summed E-state index contributed by atoms with van der Waals surface area (Å²) in [5.74, 6) is 0.974. The standard InChI is InChI=1S/C13H26N2O/c1-5-14-11(3)8-13(16)15-9-10(2)6-7-12(15)4/h10-12,14H,5-9H2,1-4H3. The van der Waals surface area contributed by atoms with Crippen LogP contribution in [-0.2, 0) is 4.79 Å². The van der Waals surface area contributed by atoms with Crippen molar-refractivity contribution in [2.75, 3.05) is 13.1 Å². The molecule has 3 nitrogen and oxygen atoms in total. The molecule has 0 bridgehead atoms. The van der Waals surface area contributed by atoms with Crippen LogP contribution in [0.1, 0.15) is 47.0 Å². The number of rotatable bonds is 4. The Bertz CT molecular complexity index is 230. The van der Waals surface area contributed by atoms with E-state index >= 15 is 0 Å². The predicted molar refractivity (Wildman–Crippen MR) is 67.3 cm³/mol. The maximum Gasteiger partial charge on any atom is 0.224 e. The predicted octanol–water partition coefficient (Wildman–Crippen LogP) is 2.02. The third-order valence-electron chi connectivity index (χ3n) is 3.47. The van der Waals surface area contributed by atoms with Crippen molar-refractivity contribution in [3.05, 3.63) is 0 Å². The quantitative estimate of drug-likeness (QED) is 0.795. The molecular formula is C13H26N2O. The molecule has 3 atom stereocenters. The number of nitrogens with zero attached hydrogens (tertiary/aromatic N) is 1. The fourth-order valence-corrected chi connectivity index (χ4v) is 2.44. The number of nitrogens with one attached hydrogen (secondary N) is 1. The molecule has 1 aliphatic rings. The van der Waals surface area contributed by atoms with Gasteiger partial charge in [-0.3, -0.25) is 4.79 Å². The Morgan fingerprint density at radius 3 is 2.75 bits per heavy atom. The van der Waals surface area contributed by atoms with Gasteiger partial charge < -0.3 is 10.2 Å². The maximum absolute atomic E-state index is 12.1. The Morgan fingerprint density at radius 2 is 2.12 bits per heavy atom. The van der Waals surface area contributed by atoms with Crippen LogP contribution in [0, 0.1) is 5.92 Å². The van der Waals surface area contributed by atoms with E-state index in [9.17, 15) is 4.79 Å². The summed E-state index contributed by atoms with van der Waals surface area (Å²) in [6, 6.07) is 0.722. The molecule has 0 saturated carbocycles. The number of carbonyl (C=O) groups excluding carboxylic acids is 1. The molecule has 0 radical (unpaired) electrons. The van der Waals surface area contributed by atoms with E-state index in [0.29, 0.717) is 30.3 Å². The van der Waals surface area contributed by atoms with E-state index in [1.807, 2.05) is 0 Å². The van der Waals surface area contributed by atoms with Gasteiger partial charge in [0.1, 0.15) is 0 Å². The second-order valence-corrected chi connectivity index (χ2v) is 5.24. The molecule has 1 heterocycles. The number of carbonyl (C=O) groups is 1. The third-order valence-corrected chi connectivity index (χ3v) is 3.47. The lowest BCUT2D eigenvalue weighted by molar-refractivity contribution is -0.135. The van der Waals surface area contributed by atoms with Crippen molar-refractivity contribution in [3.63, 3.8) is 0 Å². The van der Waals surface area contributed by atoms with Crippen molar-refractivity contribution >= 4 is 5.91 Å². The van der Waals surface area contributed by atoms with Crippen LogP contribution < -0.4 is 5.32 Å². The number of hydrogen-bond acceptors (Lipinski definition) is 2. The van der Waals surface area contributed by atoms with Crippen LogP contribution in [-0.4, -0.2) is 36.0 Å². The van der Waals surface area contributed by atoms with Gasteiger partial charge in [-0.2, -0.15) is 0 Å². The minimum Gasteiger partial charge on any atom is -0.340 e. The van der Waals surface area contributed by atoms with Crippen molar-refractivity contribution in [2.45, 2.75) is 59.0 Å². The van der Waals surface area contributed by atoms with E-state index in [4.69, 9.17) is 0 Å². The molecule has 0 spiro atoms. The SMILES string of the molecule is CCNC(C)CC(=O)N1CC(C)CCC1C. The molecule has 94 valence electrons. The van der Waals surface area contributed by atoms with E-state index in [1.54, 1.807) is 0 Å². The first-order valence-electron chi connectivity index (χ1n) is 6.57. The zero-order valence-electron chi connectivity index (χ0n) is 11.1. The smallest absolute Gasteiger partial charge is 0.224 e. The summed E-state index contributed by atoms with van der Waals surface area (Å²) < 4.78 is 0. The average Bonchev–Trinajstić information content (AvgIpc) is 2.21. The van der Waals surface area contributed by atoms with Gasteiger partial charge in [0.05, 0.1) is 0 Å². The molecular weight excluding hydrogens is 200 g/mol. The molecule has 1 aliphatic heterocycles. The Hall–Kier alpha value is -0.570. The highest BCUT2D eigenvalue weighted by atomic mass is 16.2. The van der Waals surface area contributed by atoms with Crippen molar-refractivity contribution < 1.29 is 4.79 Å². The summed E-state index contributed by atoms with van der Waals surface area (Å²) >= 11 is 0. The van der Waals surface area contributed by atoms with Crippen LogP contribution >= 0.6 is 0 Å². The summed E-state index contributed by atoms with van der Waals surface area (Å²) in [4.78, 5) is 14.2. The Morgan fingerprint density at radius 1 is 1.44 bits per heavy atom. The van der Waals surface area contributed by atoms with Gasteiger partial charge in [0.15, 0.2) is 0 Å². The highest BCUT2D eigenvalue weighted by molar-refractivity contribution is 5.77. The van der Waals surface area contributed by atoms with Crippen LogP contribution in [0.3, 0.4) is 0 Å². The van der Waals surface area contributed by atoms with E-state index in [-0.39, 0.29) is 0 Å². The number of likely N-dealkylation sites (tertiary alicyclic amines) is 1. The van der Waals surface area contributed by atoms with Gasteiger partial charge in [0.25, 0.3) is 0 Å². The van der Waals surface area contributed by atoms with Gasteiger partial charge in [-0.05, 0) is 39.2 Å². The molecule has 1 amide bonds. The van der Waals surface area contributed by atoms with Gasteiger partial charge in [-0.25, -0.2) is 0 Å². The fourth-order valence-electron chi connectivity index (χ4n) is 2.44. The molecule has 1 saturated heterocycles. The maximum atomic E-state index is 12.1. The van der Waals surface area contributed by atoms with Crippen LogP contribution in [0.15, 0.2) is 0 Å². The number of piperidine rings is 1. The minimum atomic E-state index is 0.293. The molecule has 16 heavy (non-hydrogen) atoms. The van der Waals surface area contributed by atoms with Gasteiger partial charge in [0.2, 0.25) is 5.91 Å². The minimum absolute atomic E-state index is 0.293. The first kappa shape index (κ1) is 13.5. The van der Waals surface area contributed by atoms with Crippen LogP contribution in [0.2, 0.25) is 0 Å². The molecule has 0 aromatic heterocycles. The molecule has 1 fully saturated rings. The summed E-state index contributed by atoms with van der Waals surface area (Å²) in [7, 11) is 0.